The third-order valence-corrected chi connectivity index (χ3v) is 2.84. The third kappa shape index (κ3) is 11.3. The zero-order valence-electron chi connectivity index (χ0n) is 10.6. The van der Waals surface area contributed by atoms with E-state index in [9.17, 15) is 4.79 Å². The summed E-state index contributed by atoms with van der Waals surface area (Å²) >= 11 is 0. The Kier molecular flexibility index (Phi) is 9.55. The van der Waals surface area contributed by atoms with Gasteiger partial charge in [0.05, 0.1) is 0 Å². The normalized spacial score (nSPS) is 13.3. The lowest BCUT2D eigenvalue weighted by Gasteiger charge is -2.06. The second-order valence-electron chi connectivity index (χ2n) is 4.53. The lowest BCUT2D eigenvalue weighted by atomic mass is 10.0. The molecular weight excluding hydrogens is 184 g/mol. The number of Topliss-reactive ketones (excluding diaryl/α,β-unsaturated/α-hetero) is 1. The van der Waals surface area contributed by atoms with Crippen molar-refractivity contribution in [3.63, 3.8) is 0 Å². The highest BCUT2D eigenvalue weighted by atomic mass is 16.1. The number of ketones is 1. The van der Waals surface area contributed by atoms with Crippen molar-refractivity contribution in [2.45, 2.75) is 65.7 Å². The van der Waals surface area contributed by atoms with Crippen molar-refractivity contribution in [3.05, 3.63) is 12.2 Å². The fourth-order valence-electron chi connectivity index (χ4n) is 1.50. The zero-order chi connectivity index (χ0) is 11.5. The van der Waals surface area contributed by atoms with E-state index in [1.807, 2.05) is 6.08 Å². The Morgan fingerprint density at radius 3 is 2.53 bits per heavy atom. The smallest absolute Gasteiger partial charge is 0.133 e. The van der Waals surface area contributed by atoms with Gasteiger partial charge in [-0.15, -0.1) is 0 Å². The monoisotopic (exact) mass is 210 g/mol. The molecule has 0 aliphatic rings. The molecule has 0 fully saturated rings. The molecule has 0 rings (SSSR count). The van der Waals surface area contributed by atoms with Gasteiger partial charge in [0.15, 0.2) is 0 Å². The molecule has 0 aliphatic heterocycles. The molecule has 0 radical (unpaired) electrons. The summed E-state index contributed by atoms with van der Waals surface area (Å²) in [5.41, 5.74) is 0. The summed E-state index contributed by atoms with van der Waals surface area (Å²) in [5, 5.41) is 0. The molecule has 0 aromatic rings. The molecule has 1 atom stereocenters. The Labute approximate surface area is 95.0 Å². The fourth-order valence-corrected chi connectivity index (χ4v) is 1.50. The Bertz CT molecular complexity index is 182. The summed E-state index contributed by atoms with van der Waals surface area (Å²) in [6.07, 6.45) is 12.5. The summed E-state index contributed by atoms with van der Waals surface area (Å²) in [7, 11) is 0. The van der Waals surface area contributed by atoms with Gasteiger partial charge in [-0.05, 0) is 25.7 Å². The minimum Gasteiger partial charge on any atom is -0.300 e. The van der Waals surface area contributed by atoms with Gasteiger partial charge in [0.1, 0.15) is 5.78 Å². The number of carbonyl (C=O) groups excluding carboxylic acids is 1. The van der Waals surface area contributed by atoms with E-state index >= 15 is 0 Å². The molecule has 1 nitrogen and oxygen atoms in total. The van der Waals surface area contributed by atoms with Crippen molar-refractivity contribution in [3.8, 4) is 0 Å². The summed E-state index contributed by atoms with van der Waals surface area (Å²) < 4.78 is 0. The van der Waals surface area contributed by atoms with Gasteiger partial charge >= 0.3 is 0 Å². The van der Waals surface area contributed by atoms with E-state index in [4.69, 9.17) is 0 Å². The van der Waals surface area contributed by atoms with Gasteiger partial charge in [0.2, 0.25) is 0 Å². The molecule has 88 valence electrons. The van der Waals surface area contributed by atoms with E-state index < -0.39 is 0 Å². The van der Waals surface area contributed by atoms with E-state index in [1.54, 1.807) is 6.92 Å². The molecule has 0 aromatic heterocycles. The first-order valence-corrected chi connectivity index (χ1v) is 6.31. The number of allylic oxidation sites excluding steroid dienone is 2. The first kappa shape index (κ1) is 14.4. The fraction of sp³-hybridized carbons (Fsp3) is 0.786. The second-order valence-corrected chi connectivity index (χ2v) is 4.53. The van der Waals surface area contributed by atoms with E-state index in [0.717, 1.165) is 12.3 Å². The standard InChI is InChI=1S/C14H26O/c1-4-13(2)11-9-7-5-6-8-10-12-14(3)15/h8,10,13H,4-7,9,11-12H2,1-3H3/b10-8+. The van der Waals surface area contributed by atoms with Crippen LogP contribution in [0, 0.1) is 5.92 Å². The summed E-state index contributed by atoms with van der Waals surface area (Å²) in [6, 6.07) is 0. The molecule has 0 spiro atoms. The van der Waals surface area contributed by atoms with Gasteiger partial charge < -0.3 is 0 Å². The average Bonchev–Trinajstić information content (AvgIpc) is 2.21. The van der Waals surface area contributed by atoms with Crippen LogP contribution in [0.25, 0.3) is 0 Å². The van der Waals surface area contributed by atoms with Crippen molar-refractivity contribution < 1.29 is 4.79 Å². The largest absolute Gasteiger partial charge is 0.300 e. The Hall–Kier alpha value is -0.590. The quantitative estimate of drug-likeness (QED) is 0.404. The van der Waals surface area contributed by atoms with Gasteiger partial charge in [-0.2, -0.15) is 0 Å². The highest BCUT2D eigenvalue weighted by Crippen LogP contribution is 2.13. The number of unbranched alkanes of at least 4 members (excludes halogenated alkanes) is 3. The number of hydrogen-bond donors (Lipinski definition) is 0. The minimum atomic E-state index is 0.253. The van der Waals surface area contributed by atoms with Crippen LogP contribution in [0.15, 0.2) is 12.2 Å². The Morgan fingerprint density at radius 2 is 1.93 bits per heavy atom. The molecule has 15 heavy (non-hydrogen) atoms. The van der Waals surface area contributed by atoms with Gasteiger partial charge in [-0.1, -0.05) is 51.7 Å². The maximum absolute atomic E-state index is 10.6. The average molecular weight is 210 g/mol. The zero-order valence-corrected chi connectivity index (χ0v) is 10.6. The van der Waals surface area contributed by atoms with Gasteiger partial charge in [-0.25, -0.2) is 0 Å². The molecule has 0 N–H and O–H groups in total. The molecule has 0 heterocycles. The second kappa shape index (κ2) is 9.95. The third-order valence-electron chi connectivity index (χ3n) is 2.84. The van der Waals surface area contributed by atoms with Crippen molar-refractivity contribution in [1.29, 1.82) is 0 Å². The molecule has 0 aliphatic carbocycles. The van der Waals surface area contributed by atoms with Crippen LogP contribution in [-0.4, -0.2) is 5.78 Å². The van der Waals surface area contributed by atoms with Crippen molar-refractivity contribution in [2.24, 2.45) is 5.92 Å². The summed E-state index contributed by atoms with van der Waals surface area (Å²) in [6.45, 7) is 6.22. The lowest BCUT2D eigenvalue weighted by Crippen LogP contribution is -1.91. The minimum absolute atomic E-state index is 0.253. The number of rotatable bonds is 9. The van der Waals surface area contributed by atoms with Crippen LogP contribution in [0.2, 0.25) is 0 Å². The Balaban J connectivity index is 3.18. The topological polar surface area (TPSA) is 17.1 Å². The van der Waals surface area contributed by atoms with Crippen LogP contribution in [0.1, 0.15) is 65.7 Å². The van der Waals surface area contributed by atoms with E-state index in [-0.39, 0.29) is 5.78 Å². The van der Waals surface area contributed by atoms with E-state index in [1.165, 1.54) is 32.1 Å². The van der Waals surface area contributed by atoms with Crippen molar-refractivity contribution in [1.82, 2.24) is 0 Å². The predicted octanol–water partition coefficient (Wildman–Crippen LogP) is 4.52. The molecule has 1 unspecified atom stereocenters. The van der Waals surface area contributed by atoms with Crippen LogP contribution < -0.4 is 0 Å². The maximum atomic E-state index is 10.6. The Morgan fingerprint density at radius 1 is 1.20 bits per heavy atom. The SMILES string of the molecule is CCC(C)CCCCC/C=C/CC(C)=O. The highest BCUT2D eigenvalue weighted by molar-refractivity contribution is 5.76. The summed E-state index contributed by atoms with van der Waals surface area (Å²) in [5.74, 6) is 1.14. The molecule has 0 saturated carbocycles. The number of hydrogen-bond acceptors (Lipinski definition) is 1. The van der Waals surface area contributed by atoms with Gasteiger partial charge in [0.25, 0.3) is 0 Å². The number of carbonyl (C=O) groups is 1. The van der Waals surface area contributed by atoms with Gasteiger partial charge in [-0.3, -0.25) is 4.79 Å². The van der Waals surface area contributed by atoms with E-state index in [2.05, 4.69) is 19.9 Å². The highest BCUT2D eigenvalue weighted by Gasteiger charge is 1.97. The van der Waals surface area contributed by atoms with Crippen LogP contribution in [0.3, 0.4) is 0 Å². The molecule has 0 amide bonds. The van der Waals surface area contributed by atoms with Crippen LogP contribution in [0.4, 0.5) is 0 Å². The first-order chi connectivity index (χ1) is 7.16. The van der Waals surface area contributed by atoms with Crippen LogP contribution >= 0.6 is 0 Å². The molecular formula is C14H26O. The van der Waals surface area contributed by atoms with Crippen LogP contribution in [-0.2, 0) is 4.79 Å². The summed E-state index contributed by atoms with van der Waals surface area (Å²) in [4.78, 5) is 10.6. The van der Waals surface area contributed by atoms with Crippen molar-refractivity contribution >= 4 is 5.78 Å². The van der Waals surface area contributed by atoms with Crippen molar-refractivity contribution in [2.75, 3.05) is 0 Å². The maximum Gasteiger partial charge on any atom is 0.133 e. The van der Waals surface area contributed by atoms with Crippen LogP contribution in [0.5, 0.6) is 0 Å². The molecule has 0 aromatic carbocycles. The predicted molar refractivity (Wildman–Crippen MR) is 67.0 cm³/mol. The molecule has 0 bridgehead atoms. The molecule has 1 heteroatoms. The molecule has 0 saturated heterocycles. The lowest BCUT2D eigenvalue weighted by molar-refractivity contribution is -0.116. The first-order valence-electron chi connectivity index (χ1n) is 6.31. The van der Waals surface area contributed by atoms with Gasteiger partial charge in [0, 0.05) is 6.42 Å². The van der Waals surface area contributed by atoms with E-state index in [0.29, 0.717) is 6.42 Å².